The molecule has 3 aromatic rings. The number of hydrogen-bond acceptors (Lipinski definition) is 6. The number of aryl methyl sites for hydroxylation is 1. The van der Waals surface area contributed by atoms with Crippen molar-refractivity contribution in [1.29, 1.82) is 0 Å². The molecule has 0 atom stereocenters. The maximum absolute atomic E-state index is 13.3. The summed E-state index contributed by atoms with van der Waals surface area (Å²) in [6, 6.07) is 4.85. The summed E-state index contributed by atoms with van der Waals surface area (Å²) in [5, 5.41) is 9.96. The summed E-state index contributed by atoms with van der Waals surface area (Å²) in [6.45, 7) is 1.67. The molecule has 0 aliphatic carbocycles. The van der Waals surface area contributed by atoms with E-state index in [0.29, 0.717) is 21.5 Å². The Morgan fingerprint density at radius 1 is 1.23 bits per heavy atom. The predicted octanol–water partition coefficient (Wildman–Crippen LogP) is 4.01. The Morgan fingerprint density at radius 3 is 2.54 bits per heavy atom. The van der Waals surface area contributed by atoms with Gasteiger partial charge in [-0.25, -0.2) is 13.4 Å². The number of anilines is 2. The number of rotatable bonds is 4. The number of aromatic amines is 1. The van der Waals surface area contributed by atoms with Gasteiger partial charge in [0.2, 0.25) is 0 Å². The molecule has 2 heterocycles. The van der Waals surface area contributed by atoms with Crippen molar-refractivity contribution in [3.05, 3.63) is 41.7 Å². The van der Waals surface area contributed by atoms with Gasteiger partial charge in [0.25, 0.3) is 0 Å². The van der Waals surface area contributed by atoms with Gasteiger partial charge in [0.05, 0.1) is 21.0 Å². The fourth-order valence-electron chi connectivity index (χ4n) is 2.37. The second kappa shape index (κ2) is 6.40. The predicted molar refractivity (Wildman–Crippen MR) is 92.3 cm³/mol. The summed E-state index contributed by atoms with van der Waals surface area (Å²) in [6.07, 6.45) is -2.42. The summed E-state index contributed by atoms with van der Waals surface area (Å²) >= 11 is 1.15. The van der Waals surface area contributed by atoms with E-state index >= 15 is 0 Å². The van der Waals surface area contributed by atoms with Crippen molar-refractivity contribution in [1.82, 2.24) is 15.2 Å². The monoisotopic (exact) mass is 402 g/mol. The molecule has 0 aliphatic rings. The van der Waals surface area contributed by atoms with E-state index in [1.165, 1.54) is 6.07 Å². The second-order valence-electron chi connectivity index (χ2n) is 5.50. The van der Waals surface area contributed by atoms with Gasteiger partial charge in [0, 0.05) is 18.5 Å². The van der Waals surface area contributed by atoms with Gasteiger partial charge in [-0.2, -0.15) is 18.3 Å². The molecule has 0 radical (unpaired) electrons. The minimum Gasteiger partial charge on any atom is -0.315 e. The lowest BCUT2D eigenvalue weighted by Gasteiger charge is -2.13. The number of alkyl halides is 3. The molecule has 0 saturated heterocycles. The highest BCUT2D eigenvalue weighted by Gasteiger charge is 2.36. The largest absolute Gasteiger partial charge is 0.417 e. The van der Waals surface area contributed by atoms with Gasteiger partial charge < -0.3 is 5.32 Å². The molecule has 3 rings (SSSR count). The molecule has 26 heavy (non-hydrogen) atoms. The van der Waals surface area contributed by atoms with Crippen LogP contribution in [0, 0.1) is 6.92 Å². The number of H-pyrrole nitrogens is 1. The molecule has 0 aliphatic heterocycles. The molecule has 0 fully saturated rings. The van der Waals surface area contributed by atoms with Gasteiger partial charge in [-0.05, 0) is 24.6 Å². The number of thiazole rings is 1. The van der Waals surface area contributed by atoms with Crippen molar-refractivity contribution in [2.75, 3.05) is 11.6 Å². The smallest absolute Gasteiger partial charge is 0.315 e. The zero-order valence-electron chi connectivity index (χ0n) is 13.5. The molecule has 11 heteroatoms. The fraction of sp³-hybridized carbons (Fsp3) is 0.200. The van der Waals surface area contributed by atoms with Crippen LogP contribution in [0.5, 0.6) is 0 Å². The van der Waals surface area contributed by atoms with Gasteiger partial charge in [-0.3, -0.25) is 5.10 Å². The van der Waals surface area contributed by atoms with Gasteiger partial charge in [-0.15, -0.1) is 0 Å². The normalized spacial score (nSPS) is 12.3. The van der Waals surface area contributed by atoms with Crippen molar-refractivity contribution in [3.8, 4) is 10.4 Å². The van der Waals surface area contributed by atoms with E-state index < -0.39 is 26.5 Å². The van der Waals surface area contributed by atoms with E-state index in [-0.39, 0.29) is 5.56 Å². The first-order valence-corrected chi connectivity index (χ1v) is 9.92. The van der Waals surface area contributed by atoms with Gasteiger partial charge in [-0.1, -0.05) is 17.4 Å². The third-order valence-electron chi connectivity index (χ3n) is 3.48. The number of nitrogens with zero attached hydrogens (tertiary/aromatic N) is 2. The average Bonchev–Trinajstić information content (AvgIpc) is 3.15. The van der Waals surface area contributed by atoms with Crippen LogP contribution in [-0.2, 0) is 16.0 Å². The Hall–Kier alpha value is -2.40. The van der Waals surface area contributed by atoms with Crippen molar-refractivity contribution in [2.24, 2.45) is 0 Å². The first-order valence-electron chi connectivity index (χ1n) is 7.21. The quantitative estimate of drug-likeness (QED) is 0.689. The lowest BCUT2D eigenvalue weighted by Crippen LogP contribution is -2.12. The molecule has 0 amide bonds. The van der Waals surface area contributed by atoms with Gasteiger partial charge in [0.15, 0.2) is 20.8 Å². The number of aromatic nitrogens is 3. The molecule has 0 saturated carbocycles. The Morgan fingerprint density at radius 2 is 1.96 bits per heavy atom. The molecule has 138 valence electrons. The molecule has 0 spiro atoms. The van der Waals surface area contributed by atoms with Crippen LogP contribution in [0.1, 0.15) is 11.3 Å². The molecular weight excluding hydrogens is 389 g/mol. The molecule has 6 nitrogen and oxygen atoms in total. The van der Waals surface area contributed by atoms with Crippen molar-refractivity contribution in [2.45, 2.75) is 18.0 Å². The summed E-state index contributed by atoms with van der Waals surface area (Å²) in [7, 11) is -4.01. The van der Waals surface area contributed by atoms with E-state index in [1.54, 1.807) is 19.2 Å². The van der Waals surface area contributed by atoms with Gasteiger partial charge >= 0.3 is 6.18 Å². The van der Waals surface area contributed by atoms with Crippen LogP contribution in [0.15, 0.2) is 35.4 Å². The van der Waals surface area contributed by atoms with E-state index in [2.05, 4.69) is 20.5 Å². The molecule has 0 bridgehead atoms. The standard InChI is InChI=1S/C15H13F3N4O2S2/c1-8-13(25-14(20-8)21-12-5-6-19-22-12)9-3-4-11(26(2,23)24)10(7-9)15(16,17)18/h3-7H,1-2H3,(H2,19,20,21,22). The highest BCUT2D eigenvalue weighted by molar-refractivity contribution is 7.90. The van der Waals surface area contributed by atoms with E-state index in [0.717, 1.165) is 29.7 Å². The zero-order chi connectivity index (χ0) is 19.1. The number of halogens is 3. The maximum Gasteiger partial charge on any atom is 0.417 e. The topological polar surface area (TPSA) is 87.7 Å². The Kier molecular flexibility index (Phi) is 4.53. The summed E-state index contributed by atoms with van der Waals surface area (Å²) < 4.78 is 63.3. The summed E-state index contributed by atoms with van der Waals surface area (Å²) in [5.41, 5.74) is -0.421. The average molecular weight is 402 g/mol. The SMILES string of the molecule is Cc1nc(Nc2cc[nH]n2)sc1-c1ccc(S(C)(=O)=O)c(C(F)(F)F)c1. The fourth-order valence-corrected chi connectivity index (χ4v) is 4.23. The Balaban J connectivity index is 2.06. The molecule has 2 N–H and O–H groups in total. The highest BCUT2D eigenvalue weighted by atomic mass is 32.2. The molecule has 2 aromatic heterocycles. The maximum atomic E-state index is 13.3. The van der Waals surface area contributed by atoms with Crippen molar-refractivity contribution < 1.29 is 21.6 Å². The molecule has 0 unspecified atom stereocenters. The Bertz CT molecular complexity index is 1040. The zero-order valence-corrected chi connectivity index (χ0v) is 15.2. The third-order valence-corrected chi connectivity index (χ3v) is 5.76. The van der Waals surface area contributed by atoms with Gasteiger partial charge in [0.1, 0.15) is 0 Å². The van der Waals surface area contributed by atoms with Crippen LogP contribution >= 0.6 is 11.3 Å². The summed E-state index contributed by atoms with van der Waals surface area (Å²) in [4.78, 5) is 4.04. The second-order valence-corrected chi connectivity index (χ2v) is 8.48. The lowest BCUT2D eigenvalue weighted by molar-refractivity contribution is -0.139. The van der Waals surface area contributed by atoms with Crippen LogP contribution in [0.4, 0.5) is 24.1 Å². The minimum atomic E-state index is -4.79. The van der Waals surface area contributed by atoms with E-state index in [4.69, 9.17) is 0 Å². The molecule has 1 aromatic carbocycles. The van der Waals surface area contributed by atoms with Crippen LogP contribution < -0.4 is 5.32 Å². The number of nitrogens with one attached hydrogen (secondary N) is 2. The van der Waals surface area contributed by atoms with Crippen molar-refractivity contribution >= 4 is 32.1 Å². The van der Waals surface area contributed by atoms with Crippen LogP contribution in [0.2, 0.25) is 0 Å². The third kappa shape index (κ3) is 3.73. The van der Waals surface area contributed by atoms with E-state index in [9.17, 15) is 21.6 Å². The molecular formula is C15H13F3N4O2S2. The lowest BCUT2D eigenvalue weighted by atomic mass is 10.1. The highest BCUT2D eigenvalue weighted by Crippen LogP contribution is 2.40. The van der Waals surface area contributed by atoms with E-state index in [1.807, 2.05) is 0 Å². The Labute approximate surface area is 151 Å². The first-order chi connectivity index (χ1) is 12.1. The first kappa shape index (κ1) is 18.4. The minimum absolute atomic E-state index is 0.245. The number of hydrogen-bond donors (Lipinski definition) is 2. The van der Waals surface area contributed by atoms with Crippen molar-refractivity contribution in [3.63, 3.8) is 0 Å². The number of benzene rings is 1. The van der Waals surface area contributed by atoms with Crippen LogP contribution in [0.3, 0.4) is 0 Å². The summed E-state index contributed by atoms with van der Waals surface area (Å²) in [5.74, 6) is 0.522. The van der Waals surface area contributed by atoms with Crippen LogP contribution in [0.25, 0.3) is 10.4 Å². The number of sulfone groups is 1. The van der Waals surface area contributed by atoms with Crippen LogP contribution in [-0.4, -0.2) is 29.9 Å².